The molecule has 0 spiro atoms. The minimum Gasteiger partial charge on any atom is -0.354 e. The van der Waals surface area contributed by atoms with Crippen LogP contribution in [0.3, 0.4) is 0 Å². The van der Waals surface area contributed by atoms with Crippen LogP contribution in [0.25, 0.3) is 0 Å². The Morgan fingerprint density at radius 2 is 1.67 bits per heavy atom. The fourth-order valence-electron chi connectivity index (χ4n) is 4.10. The lowest BCUT2D eigenvalue weighted by Crippen LogP contribution is -2.49. The van der Waals surface area contributed by atoms with Crippen LogP contribution in [0.15, 0.2) is 48.5 Å². The fraction of sp³-hybridized carbons (Fsp3) is 0.500. The summed E-state index contributed by atoms with van der Waals surface area (Å²) in [6.45, 7) is 8.98. The van der Waals surface area contributed by atoms with Gasteiger partial charge in [-0.3, -0.25) is 13.9 Å². The summed E-state index contributed by atoms with van der Waals surface area (Å²) >= 11 is 0. The quantitative estimate of drug-likeness (QED) is 0.373. The van der Waals surface area contributed by atoms with Crippen LogP contribution in [0.1, 0.15) is 62.6 Å². The molecule has 2 aromatic rings. The highest BCUT2D eigenvalue weighted by Crippen LogP contribution is 2.21. The summed E-state index contributed by atoms with van der Waals surface area (Å²) in [5, 5.41) is 2.97. The molecule has 8 heteroatoms. The Balaban J connectivity index is 2.19. The second-order valence-electron chi connectivity index (χ2n) is 9.35. The molecule has 0 saturated carbocycles. The molecular formula is C28H41N3O4S. The average Bonchev–Trinajstić information content (AvgIpc) is 2.82. The number of benzene rings is 2. The van der Waals surface area contributed by atoms with Crippen molar-refractivity contribution in [2.24, 2.45) is 0 Å². The third-order valence-electron chi connectivity index (χ3n) is 6.13. The predicted octanol–water partition coefficient (Wildman–Crippen LogP) is 4.57. The Morgan fingerprint density at radius 3 is 2.25 bits per heavy atom. The number of carbonyl (C=O) groups is 2. The molecule has 198 valence electrons. The van der Waals surface area contributed by atoms with Crippen molar-refractivity contribution in [3.63, 3.8) is 0 Å². The monoisotopic (exact) mass is 515 g/mol. The van der Waals surface area contributed by atoms with Gasteiger partial charge in [-0.1, -0.05) is 62.2 Å². The molecule has 1 atom stereocenters. The third-order valence-corrected chi connectivity index (χ3v) is 7.32. The fourth-order valence-corrected chi connectivity index (χ4v) is 5.06. The highest BCUT2D eigenvalue weighted by Gasteiger charge is 2.28. The number of nitrogens with zero attached hydrogens (tertiary/aromatic N) is 2. The molecular weight excluding hydrogens is 474 g/mol. The molecule has 0 heterocycles. The number of aryl methyl sites for hydroxylation is 2. The van der Waals surface area contributed by atoms with Crippen molar-refractivity contribution in [2.45, 2.75) is 72.4 Å². The lowest BCUT2D eigenvalue weighted by Gasteiger charge is -2.31. The molecule has 0 radical (unpaired) electrons. The van der Waals surface area contributed by atoms with E-state index in [1.165, 1.54) is 10.6 Å². The normalized spacial score (nSPS) is 12.1. The third kappa shape index (κ3) is 8.97. The van der Waals surface area contributed by atoms with Gasteiger partial charge in [0.25, 0.3) is 0 Å². The Labute approximate surface area is 216 Å². The molecule has 1 N–H and O–H groups in total. The maximum absolute atomic E-state index is 13.4. The van der Waals surface area contributed by atoms with Gasteiger partial charge in [0.15, 0.2) is 0 Å². The van der Waals surface area contributed by atoms with Crippen molar-refractivity contribution in [2.75, 3.05) is 23.7 Å². The maximum atomic E-state index is 13.4. The van der Waals surface area contributed by atoms with Gasteiger partial charge in [-0.15, -0.1) is 0 Å². The highest BCUT2D eigenvalue weighted by molar-refractivity contribution is 7.92. The second-order valence-corrected chi connectivity index (χ2v) is 11.3. The van der Waals surface area contributed by atoms with Crippen molar-refractivity contribution in [3.05, 3.63) is 65.2 Å². The molecule has 0 aromatic heterocycles. The van der Waals surface area contributed by atoms with Gasteiger partial charge in [-0.2, -0.15) is 0 Å². The summed E-state index contributed by atoms with van der Waals surface area (Å²) in [4.78, 5) is 28.1. The lowest BCUT2D eigenvalue weighted by molar-refractivity contribution is -0.141. The zero-order valence-corrected chi connectivity index (χ0v) is 23.1. The van der Waals surface area contributed by atoms with Crippen LogP contribution in [-0.2, 0) is 26.2 Å². The molecule has 0 saturated heterocycles. The molecule has 36 heavy (non-hydrogen) atoms. The summed E-state index contributed by atoms with van der Waals surface area (Å²) in [5.41, 5.74) is 3.62. The minimum atomic E-state index is -3.51. The number of unbranched alkanes of at least 4 members (excludes halogenated alkanes) is 1. The molecule has 2 aromatic carbocycles. The van der Waals surface area contributed by atoms with E-state index >= 15 is 0 Å². The van der Waals surface area contributed by atoms with Gasteiger partial charge in [0, 0.05) is 26.1 Å². The topological polar surface area (TPSA) is 86.8 Å². The Kier molecular flexibility index (Phi) is 11.4. The Morgan fingerprint density at radius 1 is 0.972 bits per heavy atom. The van der Waals surface area contributed by atoms with Crippen LogP contribution in [-0.4, -0.2) is 50.5 Å². The molecule has 0 aliphatic carbocycles. The number of sulfonamides is 1. The highest BCUT2D eigenvalue weighted by atomic mass is 32.2. The van der Waals surface area contributed by atoms with Crippen LogP contribution >= 0.6 is 0 Å². The number of anilines is 1. The lowest BCUT2D eigenvalue weighted by atomic mass is 10.1. The van der Waals surface area contributed by atoms with E-state index in [0.29, 0.717) is 31.6 Å². The first-order valence-electron chi connectivity index (χ1n) is 12.7. The van der Waals surface area contributed by atoms with Crippen molar-refractivity contribution >= 4 is 27.5 Å². The number of hydrogen-bond acceptors (Lipinski definition) is 4. The van der Waals surface area contributed by atoms with E-state index in [4.69, 9.17) is 0 Å². The van der Waals surface area contributed by atoms with Gasteiger partial charge in [0.1, 0.15) is 6.04 Å². The van der Waals surface area contributed by atoms with E-state index in [9.17, 15) is 18.0 Å². The summed E-state index contributed by atoms with van der Waals surface area (Å²) in [7, 11) is -3.51. The first-order chi connectivity index (χ1) is 17.1. The summed E-state index contributed by atoms with van der Waals surface area (Å²) in [5.74, 6) is -0.310. The van der Waals surface area contributed by atoms with E-state index in [1.54, 1.807) is 11.0 Å². The molecule has 0 bridgehead atoms. The number of amides is 2. The SMILES string of the molecule is CCCCNC(=O)C(CC)N(Cc1ccc(C)cc1)C(=O)CCCN(c1cccc(C)c1)S(C)(=O)=O. The Bertz CT molecular complexity index is 1100. The van der Waals surface area contributed by atoms with E-state index in [0.717, 1.165) is 29.5 Å². The van der Waals surface area contributed by atoms with Crippen LogP contribution in [0.2, 0.25) is 0 Å². The van der Waals surface area contributed by atoms with Crippen molar-refractivity contribution in [1.82, 2.24) is 10.2 Å². The summed E-state index contributed by atoms with van der Waals surface area (Å²) < 4.78 is 26.3. The Hall–Kier alpha value is -2.87. The van der Waals surface area contributed by atoms with E-state index < -0.39 is 16.1 Å². The van der Waals surface area contributed by atoms with Crippen LogP contribution in [0, 0.1) is 13.8 Å². The van der Waals surface area contributed by atoms with Crippen molar-refractivity contribution in [1.29, 1.82) is 0 Å². The molecule has 0 aliphatic heterocycles. The van der Waals surface area contributed by atoms with Gasteiger partial charge < -0.3 is 10.2 Å². The van der Waals surface area contributed by atoms with Gasteiger partial charge in [0.05, 0.1) is 11.9 Å². The maximum Gasteiger partial charge on any atom is 0.242 e. The van der Waals surface area contributed by atoms with Gasteiger partial charge >= 0.3 is 0 Å². The van der Waals surface area contributed by atoms with Crippen molar-refractivity contribution in [3.8, 4) is 0 Å². The molecule has 1 unspecified atom stereocenters. The largest absolute Gasteiger partial charge is 0.354 e. The average molecular weight is 516 g/mol. The predicted molar refractivity (Wildman–Crippen MR) is 146 cm³/mol. The molecule has 0 fully saturated rings. The molecule has 2 rings (SSSR count). The van der Waals surface area contributed by atoms with Gasteiger partial charge in [-0.25, -0.2) is 8.42 Å². The molecule has 7 nitrogen and oxygen atoms in total. The van der Waals surface area contributed by atoms with Crippen molar-refractivity contribution < 1.29 is 18.0 Å². The number of carbonyl (C=O) groups excluding carboxylic acids is 2. The van der Waals surface area contributed by atoms with Crippen LogP contribution in [0.4, 0.5) is 5.69 Å². The first kappa shape index (κ1) is 29.4. The van der Waals surface area contributed by atoms with E-state index in [2.05, 4.69) is 12.2 Å². The molecule has 2 amide bonds. The van der Waals surface area contributed by atoms with Crippen LogP contribution in [0.5, 0.6) is 0 Å². The van der Waals surface area contributed by atoms with E-state index in [-0.39, 0.29) is 24.8 Å². The summed E-state index contributed by atoms with van der Waals surface area (Å²) in [6.07, 6.45) is 4.01. The number of nitrogens with one attached hydrogen (secondary N) is 1. The zero-order chi connectivity index (χ0) is 26.7. The minimum absolute atomic E-state index is 0.141. The zero-order valence-electron chi connectivity index (χ0n) is 22.3. The number of rotatable bonds is 14. The standard InChI is InChI=1S/C28H41N3O4S/c1-6-8-18-29-28(33)26(7-2)30(21-24-16-14-22(3)15-17-24)27(32)13-10-19-31(36(5,34)35)25-12-9-11-23(4)20-25/h9,11-12,14-17,20,26H,6-8,10,13,18-19,21H2,1-5H3,(H,29,33). The van der Waals surface area contributed by atoms with Crippen LogP contribution < -0.4 is 9.62 Å². The first-order valence-corrected chi connectivity index (χ1v) is 14.6. The summed E-state index contributed by atoms with van der Waals surface area (Å²) in [6, 6.07) is 14.7. The number of hydrogen-bond donors (Lipinski definition) is 1. The smallest absolute Gasteiger partial charge is 0.242 e. The molecule has 0 aliphatic rings. The van der Waals surface area contributed by atoms with Gasteiger partial charge in [-0.05, 0) is 56.4 Å². The van der Waals surface area contributed by atoms with Gasteiger partial charge in [0.2, 0.25) is 21.8 Å². The second kappa shape index (κ2) is 14.0. The van der Waals surface area contributed by atoms with E-state index in [1.807, 2.05) is 63.2 Å².